The van der Waals surface area contributed by atoms with Crippen molar-refractivity contribution in [1.82, 2.24) is 0 Å². The first-order valence-corrected chi connectivity index (χ1v) is 12.9. The Labute approximate surface area is 206 Å². The first-order chi connectivity index (χ1) is 16.8. The van der Waals surface area contributed by atoms with Gasteiger partial charge in [-0.15, -0.1) is 0 Å². The van der Waals surface area contributed by atoms with Gasteiger partial charge in [0, 0.05) is 17.3 Å². The molecule has 0 saturated carbocycles. The molecule has 184 valence electrons. The predicted octanol–water partition coefficient (Wildman–Crippen LogP) is 4.71. The molecule has 0 aliphatic carbocycles. The van der Waals surface area contributed by atoms with E-state index in [1.807, 2.05) is 43.3 Å². The fourth-order valence-electron chi connectivity index (χ4n) is 4.01. The minimum atomic E-state index is -2.63. The number of aliphatic carboxylic acids is 1. The van der Waals surface area contributed by atoms with Gasteiger partial charge in [0.2, 0.25) is 0 Å². The van der Waals surface area contributed by atoms with Crippen LogP contribution in [-0.2, 0) is 27.3 Å². The lowest BCUT2D eigenvalue weighted by Crippen LogP contribution is -2.43. The zero-order valence-electron chi connectivity index (χ0n) is 18.7. The molecule has 0 aliphatic rings. The Morgan fingerprint density at radius 3 is 2.23 bits per heavy atom. The Morgan fingerprint density at radius 1 is 0.914 bits per heavy atom. The second-order valence-electron chi connectivity index (χ2n) is 8.00. The second-order valence-corrected chi connectivity index (χ2v) is 9.76. The number of carbonyl (C=O) groups is 1. The molecule has 9 nitrogen and oxygen atoms in total. The van der Waals surface area contributed by atoms with Crippen molar-refractivity contribution in [3.63, 3.8) is 0 Å². The highest BCUT2D eigenvalue weighted by atomic mass is 32.2. The molecule has 0 bridgehead atoms. The molecule has 3 aromatic carbocycles. The summed E-state index contributed by atoms with van der Waals surface area (Å²) in [5.41, 5.74) is 2.98. The molecule has 3 atom stereocenters. The molecule has 0 aliphatic heterocycles. The number of anilines is 2. The van der Waals surface area contributed by atoms with E-state index in [-0.39, 0.29) is 25.1 Å². The van der Waals surface area contributed by atoms with Crippen LogP contribution in [-0.4, -0.2) is 41.2 Å². The smallest absolute Gasteiger partial charge is 0.327 e. The molecule has 4 rings (SSSR count). The second kappa shape index (κ2) is 10.6. The van der Waals surface area contributed by atoms with Gasteiger partial charge in [0.05, 0.1) is 11.4 Å². The highest BCUT2D eigenvalue weighted by Crippen LogP contribution is 2.33. The molecule has 0 spiro atoms. The van der Waals surface area contributed by atoms with Crippen LogP contribution in [0.2, 0.25) is 0 Å². The quantitative estimate of drug-likeness (QED) is 0.260. The molecule has 3 unspecified atom stereocenters. The zero-order valence-corrected chi connectivity index (χ0v) is 20.4. The van der Waals surface area contributed by atoms with Crippen LogP contribution in [0.4, 0.5) is 11.4 Å². The van der Waals surface area contributed by atoms with E-state index in [4.69, 9.17) is 4.42 Å². The Balaban J connectivity index is 1.59. The van der Waals surface area contributed by atoms with E-state index >= 15 is 0 Å². The minimum Gasteiger partial charge on any atom is -0.480 e. The maximum absolute atomic E-state index is 12.3. The number of benzene rings is 3. The summed E-state index contributed by atoms with van der Waals surface area (Å²) in [4.78, 5) is 12.1. The summed E-state index contributed by atoms with van der Waals surface area (Å²) in [5.74, 6) is -1.28. The van der Waals surface area contributed by atoms with Crippen molar-refractivity contribution in [3.05, 3.63) is 72.3 Å². The molecular weight excluding hydrogens is 492 g/mol. The fraction of sp³-hybridized carbons (Fsp3) is 0.208. The largest absolute Gasteiger partial charge is 0.480 e. The van der Waals surface area contributed by atoms with Crippen LogP contribution < -0.4 is 8.61 Å². The van der Waals surface area contributed by atoms with Gasteiger partial charge in [0.15, 0.2) is 0 Å². The maximum Gasteiger partial charge on any atom is 0.327 e. The van der Waals surface area contributed by atoms with Gasteiger partial charge in [-0.2, -0.15) is 0 Å². The Morgan fingerprint density at radius 2 is 1.57 bits per heavy atom. The third kappa shape index (κ3) is 5.38. The van der Waals surface area contributed by atoms with Gasteiger partial charge in [0.1, 0.15) is 17.2 Å². The first kappa shape index (κ1) is 24.9. The lowest BCUT2D eigenvalue weighted by molar-refractivity contribution is -0.138. The van der Waals surface area contributed by atoms with Gasteiger partial charge in [-0.1, -0.05) is 35.9 Å². The molecule has 3 N–H and O–H groups in total. The number of hydrogen-bond donors (Lipinski definition) is 3. The van der Waals surface area contributed by atoms with Gasteiger partial charge in [-0.3, -0.25) is 17.7 Å². The van der Waals surface area contributed by atoms with Crippen LogP contribution in [0, 0.1) is 6.92 Å². The third-order valence-electron chi connectivity index (χ3n) is 5.70. The first-order valence-electron chi connectivity index (χ1n) is 10.8. The van der Waals surface area contributed by atoms with Crippen LogP contribution in [0.3, 0.4) is 0 Å². The number of carboxylic acid groups (broad SMARTS) is 1. The molecule has 4 aromatic rings. The fourth-order valence-corrected chi connectivity index (χ4v) is 5.30. The standard InChI is InChI=1S/C24H24N2O7S2/c1-16-8-10-17(11-9-16)25(34(29)30)14-4-6-21(24(27)28)26(35(31)32)18-12-13-23-20(15-18)19-5-2-3-7-22(19)33-23/h2-3,5,7-13,15,21H,4,6,14H2,1H3,(H,27,28)(H,29,30)(H,31,32). The summed E-state index contributed by atoms with van der Waals surface area (Å²) in [6.45, 7) is 1.97. The summed E-state index contributed by atoms with van der Waals surface area (Å²) >= 11 is -4.95. The van der Waals surface area contributed by atoms with Crippen LogP contribution in [0.5, 0.6) is 0 Å². The van der Waals surface area contributed by atoms with Crippen molar-refractivity contribution in [2.75, 3.05) is 15.2 Å². The predicted molar refractivity (Wildman–Crippen MR) is 137 cm³/mol. The van der Waals surface area contributed by atoms with E-state index in [9.17, 15) is 27.4 Å². The summed E-state index contributed by atoms with van der Waals surface area (Å²) in [6.07, 6.45) is 0.146. The zero-order chi connectivity index (χ0) is 25.1. The molecule has 0 saturated heterocycles. The number of furan rings is 1. The van der Waals surface area contributed by atoms with Gasteiger partial charge >= 0.3 is 5.97 Å². The van der Waals surface area contributed by atoms with Crippen LogP contribution >= 0.6 is 0 Å². The highest BCUT2D eigenvalue weighted by Gasteiger charge is 2.30. The van der Waals surface area contributed by atoms with Gasteiger partial charge in [0.25, 0.3) is 22.5 Å². The Hall–Kier alpha value is -3.25. The van der Waals surface area contributed by atoms with Crippen molar-refractivity contribution in [2.45, 2.75) is 25.8 Å². The number of carboxylic acids is 1. The highest BCUT2D eigenvalue weighted by molar-refractivity contribution is 7.81. The van der Waals surface area contributed by atoms with E-state index in [0.717, 1.165) is 15.3 Å². The lowest BCUT2D eigenvalue weighted by atomic mass is 10.1. The van der Waals surface area contributed by atoms with Crippen molar-refractivity contribution in [1.29, 1.82) is 0 Å². The van der Waals surface area contributed by atoms with E-state index in [1.54, 1.807) is 24.3 Å². The number of para-hydroxylation sites is 1. The monoisotopic (exact) mass is 516 g/mol. The van der Waals surface area contributed by atoms with Crippen LogP contribution in [0.1, 0.15) is 18.4 Å². The van der Waals surface area contributed by atoms with Gasteiger partial charge in [-0.05, 0) is 56.2 Å². The molecule has 0 amide bonds. The van der Waals surface area contributed by atoms with E-state index in [2.05, 4.69) is 0 Å². The molecule has 0 fully saturated rings. The van der Waals surface area contributed by atoms with E-state index < -0.39 is 34.5 Å². The third-order valence-corrected chi connectivity index (χ3v) is 7.27. The average molecular weight is 517 g/mol. The molecule has 0 radical (unpaired) electrons. The van der Waals surface area contributed by atoms with Crippen molar-refractivity contribution < 1.29 is 31.8 Å². The van der Waals surface area contributed by atoms with Crippen LogP contribution in [0.25, 0.3) is 21.9 Å². The number of aryl methyl sites for hydroxylation is 1. The molecule has 1 heterocycles. The van der Waals surface area contributed by atoms with Crippen LogP contribution in [0.15, 0.2) is 71.1 Å². The SMILES string of the molecule is Cc1ccc(N(CCCC(C(=O)O)N(c2ccc3oc4ccccc4c3c2)S(=O)O)S(=O)O)cc1. The topological polar surface area (TPSA) is 132 Å². The number of hydrogen-bond acceptors (Lipinski definition) is 4. The van der Waals surface area contributed by atoms with Crippen molar-refractivity contribution >= 4 is 61.8 Å². The van der Waals surface area contributed by atoms with Crippen molar-refractivity contribution in [2.24, 2.45) is 0 Å². The molecule has 11 heteroatoms. The summed E-state index contributed by atoms with van der Waals surface area (Å²) in [6, 6.07) is 17.8. The summed E-state index contributed by atoms with van der Waals surface area (Å²) in [7, 11) is 0. The van der Waals surface area contributed by atoms with E-state index in [1.165, 1.54) is 10.4 Å². The van der Waals surface area contributed by atoms with Gasteiger partial charge < -0.3 is 9.52 Å². The average Bonchev–Trinajstić information content (AvgIpc) is 3.19. The lowest BCUT2D eigenvalue weighted by Gasteiger charge is -2.28. The minimum absolute atomic E-state index is 0.0363. The molecule has 35 heavy (non-hydrogen) atoms. The molecule has 1 aromatic heterocycles. The normalized spacial score (nSPS) is 14.0. The number of nitrogens with zero attached hydrogens (tertiary/aromatic N) is 2. The number of rotatable bonds is 10. The summed E-state index contributed by atoms with van der Waals surface area (Å²) in [5, 5.41) is 11.4. The Kier molecular flexibility index (Phi) is 7.51. The van der Waals surface area contributed by atoms with Gasteiger partial charge in [-0.25, -0.2) is 13.2 Å². The van der Waals surface area contributed by atoms with Crippen molar-refractivity contribution in [3.8, 4) is 0 Å². The summed E-state index contributed by atoms with van der Waals surface area (Å²) < 4.78 is 51.9. The number of fused-ring (bicyclic) bond motifs is 3. The molecular formula is C24H24N2O7S2. The maximum atomic E-state index is 12.3. The van der Waals surface area contributed by atoms with E-state index in [0.29, 0.717) is 22.2 Å². The Bertz CT molecular complexity index is 1400.